The van der Waals surface area contributed by atoms with E-state index in [-0.39, 0.29) is 11.8 Å². The number of carbonyl (C=O) groups is 2. The Hall–Kier alpha value is -2.24. The molecule has 0 saturated heterocycles. The Morgan fingerprint density at radius 2 is 1.38 bits per heavy atom. The average Bonchev–Trinajstić information content (AvgIpc) is 2.80. The first kappa shape index (κ1) is 9.02. The van der Waals surface area contributed by atoms with Crippen molar-refractivity contribution >= 4 is 22.8 Å². The minimum atomic E-state index is -0.384. The molecule has 2 heterocycles. The molecule has 1 aromatic heterocycles. The van der Waals surface area contributed by atoms with E-state index in [4.69, 9.17) is 0 Å². The maximum Gasteiger partial charge on any atom is 0.259 e. The van der Waals surface area contributed by atoms with Crippen molar-refractivity contribution in [1.82, 2.24) is 15.6 Å². The molecule has 0 unspecified atom stereocenters. The number of hydrogen-bond donors (Lipinski definition) is 1. The van der Waals surface area contributed by atoms with Crippen LogP contribution in [0, 0.1) is 13.8 Å². The summed E-state index contributed by atoms with van der Waals surface area (Å²) in [5.41, 5.74) is 3.07. The second-order valence-corrected chi connectivity index (χ2v) is 3.74. The summed E-state index contributed by atoms with van der Waals surface area (Å²) in [7, 11) is 0. The molecule has 3 rings (SSSR count). The molecule has 2 amide bonds. The number of hydrogen-bond acceptors (Lipinski definition) is 5. The molecule has 0 atom stereocenters. The van der Waals surface area contributed by atoms with Crippen LogP contribution in [0.2, 0.25) is 0 Å². The number of nitrogens with one attached hydrogen (secondary N) is 1. The monoisotopic (exact) mass is 217 g/mol. The molecular formula is C10H7N3O3. The summed E-state index contributed by atoms with van der Waals surface area (Å²) in [6, 6.07) is 0. The molecule has 1 aliphatic rings. The van der Waals surface area contributed by atoms with Gasteiger partial charge in [-0.3, -0.25) is 14.9 Å². The van der Waals surface area contributed by atoms with Gasteiger partial charge in [0.2, 0.25) is 0 Å². The van der Waals surface area contributed by atoms with Gasteiger partial charge in [-0.05, 0) is 35.3 Å². The molecule has 80 valence electrons. The number of carbonyl (C=O) groups excluding carboxylic acids is 2. The van der Waals surface area contributed by atoms with E-state index in [9.17, 15) is 9.59 Å². The van der Waals surface area contributed by atoms with E-state index in [0.29, 0.717) is 33.3 Å². The molecule has 0 bridgehead atoms. The van der Waals surface area contributed by atoms with Crippen molar-refractivity contribution < 1.29 is 14.2 Å². The third-order valence-corrected chi connectivity index (χ3v) is 2.88. The average molecular weight is 217 g/mol. The highest BCUT2D eigenvalue weighted by atomic mass is 16.6. The molecule has 0 fully saturated rings. The Balaban J connectivity index is 2.58. The highest BCUT2D eigenvalue weighted by molar-refractivity contribution is 6.24. The number of nitrogens with zero attached hydrogens (tertiary/aromatic N) is 2. The number of rotatable bonds is 0. The lowest BCUT2D eigenvalue weighted by Gasteiger charge is -2.03. The van der Waals surface area contributed by atoms with Gasteiger partial charge in [0.15, 0.2) is 0 Å². The van der Waals surface area contributed by atoms with Crippen molar-refractivity contribution in [2.24, 2.45) is 0 Å². The first-order valence-electron chi connectivity index (χ1n) is 4.72. The topological polar surface area (TPSA) is 85.1 Å². The van der Waals surface area contributed by atoms with Crippen LogP contribution in [-0.2, 0) is 0 Å². The van der Waals surface area contributed by atoms with Gasteiger partial charge in [-0.15, -0.1) is 0 Å². The summed E-state index contributed by atoms with van der Waals surface area (Å²) in [6.07, 6.45) is 0. The fourth-order valence-corrected chi connectivity index (χ4v) is 2.09. The number of aromatic nitrogens is 2. The quantitative estimate of drug-likeness (QED) is 0.657. The summed E-state index contributed by atoms with van der Waals surface area (Å²) < 4.78 is 4.63. The van der Waals surface area contributed by atoms with Gasteiger partial charge in [0, 0.05) is 0 Å². The van der Waals surface area contributed by atoms with E-state index in [2.05, 4.69) is 20.3 Å². The summed E-state index contributed by atoms with van der Waals surface area (Å²) in [4.78, 5) is 23.2. The van der Waals surface area contributed by atoms with Crippen LogP contribution in [0.4, 0.5) is 0 Å². The Kier molecular flexibility index (Phi) is 1.50. The lowest BCUT2D eigenvalue weighted by atomic mass is 9.97. The molecule has 1 aromatic carbocycles. The zero-order valence-corrected chi connectivity index (χ0v) is 8.62. The Morgan fingerprint density at radius 1 is 0.938 bits per heavy atom. The number of amides is 2. The number of aryl methyl sites for hydroxylation is 2. The van der Waals surface area contributed by atoms with Crippen LogP contribution in [0.3, 0.4) is 0 Å². The summed E-state index contributed by atoms with van der Waals surface area (Å²) in [6.45, 7) is 3.45. The second-order valence-electron chi connectivity index (χ2n) is 3.74. The maximum absolute atomic E-state index is 11.6. The molecule has 2 aromatic rings. The van der Waals surface area contributed by atoms with Gasteiger partial charge >= 0.3 is 0 Å². The van der Waals surface area contributed by atoms with Crippen molar-refractivity contribution in [2.45, 2.75) is 13.8 Å². The van der Waals surface area contributed by atoms with E-state index in [0.717, 1.165) is 0 Å². The van der Waals surface area contributed by atoms with Gasteiger partial charge in [-0.1, -0.05) is 0 Å². The largest absolute Gasteiger partial charge is 0.288 e. The van der Waals surface area contributed by atoms with Crippen molar-refractivity contribution in [2.75, 3.05) is 0 Å². The fraction of sp³-hybridized carbons (Fsp3) is 0.200. The van der Waals surface area contributed by atoms with E-state index in [1.165, 1.54) is 0 Å². The van der Waals surface area contributed by atoms with Crippen LogP contribution in [0.25, 0.3) is 11.0 Å². The zero-order valence-electron chi connectivity index (χ0n) is 8.62. The maximum atomic E-state index is 11.6. The predicted octanol–water partition coefficient (Wildman–Crippen LogP) is 0.723. The summed E-state index contributed by atoms with van der Waals surface area (Å²) >= 11 is 0. The minimum absolute atomic E-state index is 0.380. The molecule has 0 spiro atoms. The van der Waals surface area contributed by atoms with E-state index in [1.54, 1.807) is 13.8 Å². The fourth-order valence-electron chi connectivity index (χ4n) is 2.09. The van der Waals surface area contributed by atoms with Crippen molar-refractivity contribution in [3.05, 3.63) is 22.3 Å². The van der Waals surface area contributed by atoms with Crippen molar-refractivity contribution in [1.29, 1.82) is 0 Å². The SMILES string of the molecule is Cc1c2c(c(C)c3nonc13)C(=O)NC2=O. The summed E-state index contributed by atoms with van der Waals surface area (Å²) in [5.74, 6) is -0.768. The molecular weight excluding hydrogens is 210 g/mol. The highest BCUT2D eigenvalue weighted by Gasteiger charge is 2.33. The molecule has 1 aliphatic heterocycles. The smallest absolute Gasteiger partial charge is 0.259 e. The van der Waals surface area contributed by atoms with Gasteiger partial charge in [0.25, 0.3) is 11.8 Å². The van der Waals surface area contributed by atoms with Gasteiger partial charge in [-0.25, -0.2) is 4.63 Å². The summed E-state index contributed by atoms with van der Waals surface area (Å²) in [5, 5.41) is 9.74. The van der Waals surface area contributed by atoms with E-state index in [1.807, 2.05) is 0 Å². The van der Waals surface area contributed by atoms with Crippen molar-refractivity contribution in [3.63, 3.8) is 0 Å². The van der Waals surface area contributed by atoms with E-state index >= 15 is 0 Å². The Bertz CT molecular complexity index is 603. The number of benzene rings is 1. The van der Waals surface area contributed by atoms with Crippen molar-refractivity contribution in [3.8, 4) is 0 Å². The van der Waals surface area contributed by atoms with Crippen LogP contribution in [-0.4, -0.2) is 22.1 Å². The predicted molar refractivity (Wildman–Crippen MR) is 53.1 cm³/mol. The van der Waals surface area contributed by atoms with Crippen LogP contribution >= 0.6 is 0 Å². The van der Waals surface area contributed by atoms with Crippen LogP contribution in [0.15, 0.2) is 4.63 Å². The third-order valence-electron chi connectivity index (χ3n) is 2.88. The standard InChI is InChI=1S/C10H7N3O3/c1-3-5-6(10(15)11-9(5)14)4(2)8-7(3)12-16-13-8/h1-2H3,(H,11,14,15). The third kappa shape index (κ3) is 0.861. The van der Waals surface area contributed by atoms with Crippen LogP contribution < -0.4 is 5.32 Å². The Morgan fingerprint density at radius 3 is 1.81 bits per heavy atom. The van der Waals surface area contributed by atoms with Crippen LogP contribution in [0.5, 0.6) is 0 Å². The van der Waals surface area contributed by atoms with Crippen LogP contribution in [0.1, 0.15) is 31.8 Å². The number of fused-ring (bicyclic) bond motifs is 2. The molecule has 6 heteroatoms. The molecule has 0 aliphatic carbocycles. The molecule has 0 radical (unpaired) electrons. The highest BCUT2D eigenvalue weighted by Crippen LogP contribution is 2.30. The van der Waals surface area contributed by atoms with Gasteiger partial charge < -0.3 is 0 Å². The normalized spacial score (nSPS) is 14.4. The van der Waals surface area contributed by atoms with Gasteiger partial charge in [0.1, 0.15) is 11.0 Å². The first-order chi connectivity index (χ1) is 7.61. The first-order valence-corrected chi connectivity index (χ1v) is 4.72. The second kappa shape index (κ2) is 2.66. The van der Waals surface area contributed by atoms with E-state index < -0.39 is 0 Å². The number of imide groups is 1. The molecule has 0 saturated carbocycles. The lowest BCUT2D eigenvalue weighted by molar-refractivity contribution is 0.0879. The van der Waals surface area contributed by atoms with Gasteiger partial charge in [0.05, 0.1) is 11.1 Å². The minimum Gasteiger partial charge on any atom is -0.288 e. The molecule has 1 N–H and O–H groups in total. The Labute approximate surface area is 89.6 Å². The van der Waals surface area contributed by atoms with Gasteiger partial charge in [-0.2, -0.15) is 0 Å². The molecule has 6 nitrogen and oxygen atoms in total. The zero-order chi connectivity index (χ0) is 11.4. The lowest BCUT2D eigenvalue weighted by Crippen LogP contribution is -2.20. The molecule has 16 heavy (non-hydrogen) atoms.